The molecule has 0 unspecified atom stereocenters. The molecule has 1 heterocycles. The van der Waals surface area contributed by atoms with Gasteiger partial charge in [-0.05, 0) is 13.3 Å². The van der Waals surface area contributed by atoms with E-state index in [0.717, 1.165) is 15.3 Å². The van der Waals surface area contributed by atoms with E-state index in [1.807, 2.05) is 6.92 Å². The summed E-state index contributed by atoms with van der Waals surface area (Å²) in [5, 5.41) is 3.42. The predicted molar refractivity (Wildman–Crippen MR) is 93.7 cm³/mol. The van der Waals surface area contributed by atoms with Crippen LogP contribution >= 0.6 is 0 Å². The summed E-state index contributed by atoms with van der Waals surface area (Å²) in [5.41, 5.74) is 0. The molecule has 0 aliphatic rings. The lowest BCUT2D eigenvalue weighted by molar-refractivity contribution is 0.169. The van der Waals surface area contributed by atoms with Crippen LogP contribution in [-0.4, -0.2) is 78.3 Å². The third-order valence-electron chi connectivity index (χ3n) is 3.33. The Morgan fingerprint density at radius 1 is 1.36 bits per heavy atom. The summed E-state index contributed by atoms with van der Waals surface area (Å²) < 4.78 is 32.1. The van der Waals surface area contributed by atoms with Crippen molar-refractivity contribution in [2.75, 3.05) is 39.9 Å². The van der Waals surface area contributed by atoms with Crippen molar-refractivity contribution >= 4 is 16.1 Å². The third-order valence-corrected chi connectivity index (χ3v) is 4.96. The maximum absolute atomic E-state index is 12.5. The van der Waals surface area contributed by atoms with E-state index in [2.05, 4.69) is 23.2 Å². The van der Waals surface area contributed by atoms with E-state index in [1.54, 1.807) is 7.11 Å². The minimum atomic E-state index is -3.93. The number of rotatable bonds is 11. The van der Waals surface area contributed by atoms with Crippen molar-refractivity contribution in [1.82, 2.24) is 24.0 Å². The Balaban J connectivity index is 2.97. The summed E-state index contributed by atoms with van der Waals surface area (Å²) in [4.78, 5) is 17.8. The average Bonchev–Trinajstić information content (AvgIpc) is 3.09. The lowest BCUT2D eigenvalue weighted by Gasteiger charge is -2.19. The fourth-order valence-electron chi connectivity index (χ4n) is 2.07. The maximum atomic E-state index is 12.5. The molecule has 0 aromatic carbocycles. The molecule has 0 spiro atoms. The van der Waals surface area contributed by atoms with Crippen molar-refractivity contribution in [2.45, 2.75) is 18.5 Å². The first-order valence-corrected chi connectivity index (χ1v) is 9.28. The van der Waals surface area contributed by atoms with Gasteiger partial charge < -0.3 is 9.64 Å². The number of hydrogen-bond acceptors (Lipinski definition) is 6. The zero-order valence-electron chi connectivity index (χ0n) is 14.7. The number of ether oxygens (including phenoxy) is 1. The van der Waals surface area contributed by atoms with Crippen LogP contribution in [0.25, 0.3) is 0 Å². The van der Waals surface area contributed by atoms with E-state index < -0.39 is 21.2 Å². The largest absolute Gasteiger partial charge is 0.385 e. The fourth-order valence-corrected chi connectivity index (χ4v) is 3.27. The molecule has 0 radical (unpaired) electrons. The second-order valence-electron chi connectivity index (χ2n) is 5.08. The SMILES string of the molecule is C=CCN(CC=C)S(=O)(=O)c1ncn(C(=O)N(CC)CCCOC)n1. The van der Waals surface area contributed by atoms with Gasteiger partial charge in [-0.15, -0.1) is 18.3 Å². The molecule has 0 bridgehead atoms. The maximum Gasteiger partial charge on any atom is 0.346 e. The van der Waals surface area contributed by atoms with Gasteiger partial charge in [-0.3, -0.25) is 0 Å². The third kappa shape index (κ3) is 5.48. The van der Waals surface area contributed by atoms with E-state index in [4.69, 9.17) is 4.74 Å². The molecule has 0 saturated carbocycles. The Hall–Kier alpha value is -2.04. The van der Waals surface area contributed by atoms with Gasteiger partial charge in [-0.1, -0.05) is 12.2 Å². The molecular formula is C15H25N5O4S. The van der Waals surface area contributed by atoms with Gasteiger partial charge in [-0.2, -0.15) is 8.99 Å². The minimum absolute atomic E-state index is 0.0922. The van der Waals surface area contributed by atoms with Crippen molar-refractivity contribution < 1.29 is 17.9 Å². The Kier molecular flexibility index (Phi) is 8.46. The van der Waals surface area contributed by atoms with Gasteiger partial charge in [-0.25, -0.2) is 18.2 Å². The first-order chi connectivity index (χ1) is 11.9. The summed E-state index contributed by atoms with van der Waals surface area (Å²) in [6.07, 6.45) is 4.69. The van der Waals surface area contributed by atoms with Gasteiger partial charge in [0.2, 0.25) is 0 Å². The second kappa shape index (κ2) is 10.1. The first kappa shape index (κ1) is 21.0. The zero-order valence-corrected chi connectivity index (χ0v) is 15.5. The van der Waals surface area contributed by atoms with Crippen LogP contribution in [0.15, 0.2) is 36.8 Å². The van der Waals surface area contributed by atoms with Crippen LogP contribution < -0.4 is 0 Å². The van der Waals surface area contributed by atoms with Gasteiger partial charge in [0.1, 0.15) is 6.33 Å². The number of methoxy groups -OCH3 is 1. The van der Waals surface area contributed by atoms with E-state index in [1.165, 1.54) is 17.1 Å². The Bertz CT molecular complexity index is 676. The summed E-state index contributed by atoms with van der Waals surface area (Å²) in [5.74, 6) is 0. The molecule has 0 atom stereocenters. The smallest absolute Gasteiger partial charge is 0.346 e. The number of aromatic nitrogens is 3. The number of amides is 1. The molecule has 10 heteroatoms. The lowest BCUT2D eigenvalue weighted by Crippen LogP contribution is -2.36. The van der Waals surface area contributed by atoms with Crippen molar-refractivity contribution in [3.63, 3.8) is 0 Å². The summed E-state index contributed by atoms with van der Waals surface area (Å²) in [6.45, 7) is 10.5. The van der Waals surface area contributed by atoms with Crippen molar-refractivity contribution in [2.24, 2.45) is 0 Å². The first-order valence-electron chi connectivity index (χ1n) is 7.84. The van der Waals surface area contributed by atoms with Crippen LogP contribution in [0.5, 0.6) is 0 Å². The van der Waals surface area contributed by atoms with Crippen LogP contribution in [0.1, 0.15) is 13.3 Å². The predicted octanol–water partition coefficient (Wildman–Crippen LogP) is 0.967. The molecule has 9 nitrogen and oxygen atoms in total. The fraction of sp³-hybridized carbons (Fsp3) is 0.533. The Labute approximate surface area is 148 Å². The molecule has 140 valence electrons. The standard InChI is InChI=1S/C15H25N5O4S/c1-5-9-19(10-6-2)25(22,23)14-16-13-20(17-14)15(21)18(7-3)11-8-12-24-4/h5-6,13H,1-2,7-12H2,3-4H3. The molecule has 0 fully saturated rings. The highest BCUT2D eigenvalue weighted by molar-refractivity contribution is 7.89. The highest BCUT2D eigenvalue weighted by atomic mass is 32.2. The monoisotopic (exact) mass is 371 g/mol. The van der Waals surface area contributed by atoms with Gasteiger partial charge in [0.05, 0.1) is 0 Å². The Morgan fingerprint density at radius 3 is 2.52 bits per heavy atom. The number of hydrogen-bond donors (Lipinski definition) is 0. The quantitative estimate of drug-likeness (QED) is 0.425. The summed E-state index contributed by atoms with van der Waals surface area (Å²) in [6, 6.07) is -0.438. The van der Waals surface area contributed by atoms with Gasteiger partial charge in [0.15, 0.2) is 0 Å². The van der Waals surface area contributed by atoms with Crippen LogP contribution in [0.3, 0.4) is 0 Å². The average molecular weight is 371 g/mol. The normalized spacial score (nSPS) is 11.5. The van der Waals surface area contributed by atoms with Crippen LogP contribution in [-0.2, 0) is 14.8 Å². The molecular weight excluding hydrogens is 346 g/mol. The summed E-state index contributed by atoms with van der Waals surface area (Å²) in [7, 11) is -2.35. The Morgan fingerprint density at radius 2 is 2.00 bits per heavy atom. The summed E-state index contributed by atoms with van der Waals surface area (Å²) >= 11 is 0. The van der Waals surface area contributed by atoms with Crippen molar-refractivity contribution in [3.8, 4) is 0 Å². The van der Waals surface area contributed by atoms with E-state index in [0.29, 0.717) is 26.1 Å². The topological polar surface area (TPSA) is 97.6 Å². The van der Waals surface area contributed by atoms with Gasteiger partial charge >= 0.3 is 6.03 Å². The van der Waals surface area contributed by atoms with Crippen LogP contribution in [0.4, 0.5) is 4.79 Å². The van der Waals surface area contributed by atoms with Crippen molar-refractivity contribution in [1.29, 1.82) is 0 Å². The molecule has 1 aromatic rings. The van der Waals surface area contributed by atoms with Gasteiger partial charge in [0.25, 0.3) is 15.2 Å². The van der Waals surface area contributed by atoms with E-state index in [9.17, 15) is 13.2 Å². The molecule has 1 amide bonds. The molecule has 0 aliphatic heterocycles. The highest BCUT2D eigenvalue weighted by Crippen LogP contribution is 2.11. The van der Waals surface area contributed by atoms with E-state index >= 15 is 0 Å². The molecule has 1 aromatic heterocycles. The minimum Gasteiger partial charge on any atom is -0.385 e. The molecule has 0 aliphatic carbocycles. The highest BCUT2D eigenvalue weighted by Gasteiger charge is 2.28. The molecule has 0 N–H and O–H groups in total. The van der Waals surface area contributed by atoms with Crippen LogP contribution in [0, 0.1) is 0 Å². The molecule has 0 saturated heterocycles. The number of sulfonamides is 1. The second-order valence-corrected chi connectivity index (χ2v) is 6.91. The molecule has 25 heavy (non-hydrogen) atoms. The number of carbonyl (C=O) groups is 1. The number of nitrogens with zero attached hydrogens (tertiary/aromatic N) is 5. The zero-order chi connectivity index (χ0) is 18.9. The van der Waals surface area contributed by atoms with E-state index in [-0.39, 0.29) is 13.1 Å². The van der Waals surface area contributed by atoms with Crippen molar-refractivity contribution in [3.05, 3.63) is 31.6 Å². The van der Waals surface area contributed by atoms with Gasteiger partial charge in [0, 0.05) is 39.9 Å². The lowest BCUT2D eigenvalue weighted by atomic mass is 10.4. The molecule has 1 rings (SSSR count). The van der Waals surface area contributed by atoms with Crippen LogP contribution in [0.2, 0.25) is 0 Å². The number of carbonyl (C=O) groups excluding carboxylic acids is 1.